The van der Waals surface area contributed by atoms with Crippen molar-refractivity contribution in [3.63, 3.8) is 0 Å². The molecular formula is C19H29N4O3+. The molecule has 7 heteroatoms. The normalized spacial score (nSPS) is 21.2. The summed E-state index contributed by atoms with van der Waals surface area (Å²) in [7, 11) is 0. The summed E-state index contributed by atoms with van der Waals surface area (Å²) in [6.45, 7) is 9.87. The zero-order chi connectivity index (χ0) is 18.5. The predicted molar refractivity (Wildman–Crippen MR) is 99.7 cm³/mol. The minimum absolute atomic E-state index is 0.0414. The molecule has 1 atom stereocenters. The van der Waals surface area contributed by atoms with Gasteiger partial charge in [-0.25, -0.2) is 4.79 Å². The van der Waals surface area contributed by atoms with Gasteiger partial charge in [-0.05, 0) is 38.1 Å². The van der Waals surface area contributed by atoms with Crippen LogP contribution in [-0.4, -0.2) is 68.8 Å². The minimum Gasteiger partial charge on any atom is -0.494 e. The van der Waals surface area contributed by atoms with Crippen molar-refractivity contribution in [3.05, 3.63) is 24.3 Å². The summed E-state index contributed by atoms with van der Waals surface area (Å²) in [5.41, 5.74) is 0.843. The number of nitrogens with one attached hydrogen (secondary N) is 2. The number of urea groups is 1. The fourth-order valence-corrected chi connectivity index (χ4v) is 3.59. The molecule has 2 heterocycles. The molecule has 2 saturated heterocycles. The van der Waals surface area contributed by atoms with Crippen molar-refractivity contribution in [3.8, 4) is 5.75 Å². The Morgan fingerprint density at radius 1 is 1.23 bits per heavy atom. The summed E-state index contributed by atoms with van der Waals surface area (Å²) < 4.78 is 5.44. The first kappa shape index (κ1) is 18.5. The van der Waals surface area contributed by atoms with Gasteiger partial charge in [-0.3, -0.25) is 4.79 Å². The second-order valence-corrected chi connectivity index (χ2v) is 6.87. The number of likely N-dealkylation sites (N-methyl/N-ethyl adjacent to an activating group) is 1. The van der Waals surface area contributed by atoms with E-state index in [1.165, 1.54) is 4.90 Å². The number of quaternary nitrogens is 1. The molecule has 2 aliphatic rings. The number of hydrogen-bond donors (Lipinski definition) is 2. The van der Waals surface area contributed by atoms with Crippen molar-refractivity contribution in [2.24, 2.45) is 0 Å². The topological polar surface area (TPSA) is 66.3 Å². The number of rotatable bonds is 5. The van der Waals surface area contributed by atoms with E-state index >= 15 is 0 Å². The van der Waals surface area contributed by atoms with E-state index in [1.54, 1.807) is 4.90 Å². The van der Waals surface area contributed by atoms with Gasteiger partial charge >= 0.3 is 6.03 Å². The summed E-state index contributed by atoms with van der Waals surface area (Å²) in [4.78, 5) is 30.0. The second-order valence-electron chi connectivity index (χ2n) is 6.87. The third kappa shape index (κ3) is 4.27. The van der Waals surface area contributed by atoms with Crippen LogP contribution in [0.4, 0.5) is 10.5 Å². The van der Waals surface area contributed by atoms with Gasteiger partial charge in [0.15, 0.2) is 0 Å². The van der Waals surface area contributed by atoms with Gasteiger partial charge in [0, 0.05) is 18.7 Å². The number of amides is 3. The van der Waals surface area contributed by atoms with Crippen molar-refractivity contribution < 1.29 is 19.2 Å². The molecule has 1 aromatic rings. The number of carbonyl (C=O) groups excluding carboxylic acids is 2. The van der Waals surface area contributed by atoms with Gasteiger partial charge in [-0.2, -0.15) is 0 Å². The highest BCUT2D eigenvalue weighted by Crippen LogP contribution is 2.24. The molecule has 7 nitrogen and oxygen atoms in total. The van der Waals surface area contributed by atoms with Crippen LogP contribution in [-0.2, 0) is 4.79 Å². The summed E-state index contributed by atoms with van der Waals surface area (Å²) >= 11 is 0. The Kier molecular flexibility index (Phi) is 5.98. The van der Waals surface area contributed by atoms with Crippen molar-refractivity contribution in [2.75, 3.05) is 50.8 Å². The Bertz CT molecular complexity index is 626. The van der Waals surface area contributed by atoms with Gasteiger partial charge in [0.2, 0.25) is 5.91 Å². The van der Waals surface area contributed by atoms with E-state index in [4.69, 9.17) is 4.74 Å². The highest BCUT2D eigenvalue weighted by molar-refractivity contribution is 5.96. The van der Waals surface area contributed by atoms with Gasteiger partial charge in [0.05, 0.1) is 45.4 Å². The maximum Gasteiger partial charge on any atom is 0.318 e. The monoisotopic (exact) mass is 361 g/mol. The Labute approximate surface area is 154 Å². The zero-order valence-electron chi connectivity index (χ0n) is 15.7. The smallest absolute Gasteiger partial charge is 0.318 e. The van der Waals surface area contributed by atoms with E-state index < -0.39 is 0 Å². The molecule has 0 aliphatic carbocycles. The van der Waals surface area contributed by atoms with E-state index in [9.17, 15) is 9.59 Å². The molecule has 0 spiro atoms. The Morgan fingerprint density at radius 3 is 2.54 bits per heavy atom. The molecule has 0 bridgehead atoms. The lowest BCUT2D eigenvalue weighted by Gasteiger charge is -2.32. The van der Waals surface area contributed by atoms with Crippen LogP contribution >= 0.6 is 0 Å². The number of anilines is 1. The van der Waals surface area contributed by atoms with Crippen molar-refractivity contribution >= 4 is 17.6 Å². The highest BCUT2D eigenvalue weighted by atomic mass is 16.5. The third-order valence-electron chi connectivity index (χ3n) is 5.17. The fourth-order valence-electron chi connectivity index (χ4n) is 3.59. The average molecular weight is 361 g/mol. The molecule has 142 valence electrons. The van der Waals surface area contributed by atoms with Gasteiger partial charge < -0.3 is 24.8 Å². The summed E-state index contributed by atoms with van der Waals surface area (Å²) in [6, 6.07) is 7.32. The van der Waals surface area contributed by atoms with Crippen LogP contribution in [0, 0.1) is 0 Å². The van der Waals surface area contributed by atoms with E-state index in [-0.39, 0.29) is 18.0 Å². The number of ether oxygens (including phenoxy) is 1. The molecule has 0 unspecified atom stereocenters. The first-order valence-corrected chi connectivity index (χ1v) is 9.53. The summed E-state index contributed by atoms with van der Waals surface area (Å²) in [6.07, 6.45) is 0.346. The molecule has 26 heavy (non-hydrogen) atoms. The fraction of sp³-hybridized carbons (Fsp3) is 0.579. The van der Waals surface area contributed by atoms with Gasteiger partial charge in [-0.15, -0.1) is 0 Å². The number of hydrogen-bond acceptors (Lipinski definition) is 3. The average Bonchev–Trinajstić information content (AvgIpc) is 3.03. The van der Waals surface area contributed by atoms with Gasteiger partial charge in [-0.1, -0.05) is 0 Å². The molecule has 3 amide bonds. The third-order valence-corrected chi connectivity index (χ3v) is 5.17. The maximum absolute atomic E-state index is 12.5. The van der Waals surface area contributed by atoms with Crippen molar-refractivity contribution in [1.29, 1.82) is 0 Å². The zero-order valence-corrected chi connectivity index (χ0v) is 15.7. The molecule has 2 fully saturated rings. The van der Waals surface area contributed by atoms with Crippen LogP contribution in [0.5, 0.6) is 5.75 Å². The van der Waals surface area contributed by atoms with Crippen LogP contribution in [0.1, 0.15) is 20.3 Å². The van der Waals surface area contributed by atoms with Gasteiger partial charge in [0.1, 0.15) is 5.75 Å². The Morgan fingerprint density at radius 2 is 1.92 bits per heavy atom. The second kappa shape index (κ2) is 8.40. The van der Waals surface area contributed by atoms with Crippen LogP contribution in [0.2, 0.25) is 0 Å². The highest BCUT2D eigenvalue weighted by Gasteiger charge is 2.33. The number of benzene rings is 1. The first-order chi connectivity index (χ1) is 12.6. The number of nitrogens with zero attached hydrogens (tertiary/aromatic N) is 2. The largest absolute Gasteiger partial charge is 0.494 e. The van der Waals surface area contributed by atoms with E-state index in [0.717, 1.165) is 44.2 Å². The van der Waals surface area contributed by atoms with Crippen LogP contribution < -0.4 is 19.9 Å². The van der Waals surface area contributed by atoms with Crippen molar-refractivity contribution in [1.82, 2.24) is 10.2 Å². The molecule has 2 aliphatic heterocycles. The van der Waals surface area contributed by atoms with Crippen molar-refractivity contribution in [2.45, 2.75) is 26.3 Å². The van der Waals surface area contributed by atoms with E-state index in [2.05, 4.69) is 12.2 Å². The predicted octanol–water partition coefficient (Wildman–Crippen LogP) is 0.121. The lowest BCUT2D eigenvalue weighted by atomic mass is 10.2. The molecule has 0 radical (unpaired) electrons. The minimum atomic E-state index is -0.141. The van der Waals surface area contributed by atoms with Gasteiger partial charge in [0.25, 0.3) is 0 Å². The Balaban J connectivity index is 1.53. The van der Waals surface area contributed by atoms with Crippen LogP contribution in [0.3, 0.4) is 0 Å². The lowest BCUT2D eigenvalue weighted by Crippen LogP contribution is -3.14. The molecular weight excluding hydrogens is 332 g/mol. The lowest BCUT2D eigenvalue weighted by molar-refractivity contribution is -0.902. The van der Waals surface area contributed by atoms with E-state index in [0.29, 0.717) is 19.6 Å². The molecule has 0 saturated carbocycles. The first-order valence-electron chi connectivity index (χ1n) is 9.53. The quantitative estimate of drug-likeness (QED) is 0.783. The number of carbonyl (C=O) groups is 2. The van der Waals surface area contributed by atoms with E-state index in [1.807, 2.05) is 36.1 Å². The number of piperazine rings is 1. The molecule has 2 N–H and O–H groups in total. The molecule has 0 aromatic heterocycles. The SMILES string of the molecule is CCOc1ccc(N2C[C@H](NC(=O)N3CC[NH+](CC)CC3)CC2=O)cc1. The Hall–Kier alpha value is -2.28. The summed E-state index contributed by atoms with van der Waals surface area (Å²) in [5, 5.41) is 3.03. The molecule has 3 rings (SSSR count). The summed E-state index contributed by atoms with van der Waals surface area (Å²) in [5.74, 6) is 0.834. The van der Waals surface area contributed by atoms with Crippen LogP contribution in [0.25, 0.3) is 0 Å². The maximum atomic E-state index is 12.5. The molecule has 1 aromatic carbocycles. The van der Waals surface area contributed by atoms with Crippen LogP contribution in [0.15, 0.2) is 24.3 Å². The standard InChI is InChI=1S/C19H28N4O3/c1-3-21-9-11-22(12-10-21)19(25)20-15-13-18(24)23(14-15)16-5-7-17(8-6-16)26-4-2/h5-8,15H,3-4,9-14H2,1-2H3,(H,20,25)/p+1/t15-/m1/s1.